The van der Waals surface area contributed by atoms with Crippen LogP contribution >= 0.6 is 0 Å². The maximum absolute atomic E-state index is 4.39. The van der Waals surface area contributed by atoms with Crippen LogP contribution in [0.4, 0.5) is 5.82 Å². The first-order valence-corrected chi connectivity index (χ1v) is 6.70. The van der Waals surface area contributed by atoms with E-state index in [1.54, 1.807) is 0 Å². The van der Waals surface area contributed by atoms with Crippen molar-refractivity contribution in [3.05, 3.63) is 23.9 Å². The molecule has 0 amide bonds. The predicted octanol–water partition coefficient (Wildman–Crippen LogP) is 2.48. The van der Waals surface area contributed by atoms with E-state index in [0.717, 1.165) is 12.4 Å². The Bertz CT molecular complexity index is 398. The van der Waals surface area contributed by atoms with Crippen LogP contribution in [0.2, 0.25) is 0 Å². The van der Waals surface area contributed by atoms with Crippen molar-refractivity contribution in [1.82, 2.24) is 10.3 Å². The molecule has 3 nitrogen and oxygen atoms in total. The van der Waals surface area contributed by atoms with E-state index < -0.39 is 0 Å². The first kappa shape index (κ1) is 11.0. The smallest absolute Gasteiger partial charge is 0.126 e. The number of nitrogens with zero attached hydrogens (tertiary/aromatic N) is 1. The van der Waals surface area contributed by atoms with Crippen LogP contribution in [0.5, 0.6) is 0 Å². The first-order chi connectivity index (χ1) is 8.26. The van der Waals surface area contributed by atoms with Crippen LogP contribution < -0.4 is 10.6 Å². The van der Waals surface area contributed by atoms with Crippen molar-refractivity contribution >= 4 is 5.82 Å². The van der Waals surface area contributed by atoms with E-state index in [-0.39, 0.29) is 0 Å². The highest BCUT2D eigenvalue weighted by molar-refractivity contribution is 5.38. The number of nitrogens with one attached hydrogen (secondary N) is 2. The molecule has 1 saturated heterocycles. The Morgan fingerprint density at radius 2 is 2.35 bits per heavy atom. The molecule has 1 aromatic heterocycles. The summed E-state index contributed by atoms with van der Waals surface area (Å²) in [4.78, 5) is 4.39. The normalized spacial score (nSPS) is 26.5. The van der Waals surface area contributed by atoms with E-state index >= 15 is 0 Å². The minimum atomic E-state index is 0.458. The molecule has 2 N–H and O–H groups in total. The van der Waals surface area contributed by atoms with E-state index in [4.69, 9.17) is 0 Å². The summed E-state index contributed by atoms with van der Waals surface area (Å²) in [5, 5.41) is 7.29. The standard InChI is InChI=1S/C14H21N3/c1-11-3-7-15-13(9-11)17-12-4-8-16-14(10-12)5-2-6-14/h3,7,9,12,16H,2,4-6,8,10H2,1H3,(H,15,17). The summed E-state index contributed by atoms with van der Waals surface area (Å²) >= 11 is 0. The van der Waals surface area contributed by atoms with Gasteiger partial charge in [-0.1, -0.05) is 0 Å². The lowest BCUT2D eigenvalue weighted by atomic mass is 9.70. The summed E-state index contributed by atoms with van der Waals surface area (Å²) in [6, 6.07) is 4.77. The zero-order chi connectivity index (χ0) is 11.7. The van der Waals surface area contributed by atoms with Gasteiger partial charge in [-0.25, -0.2) is 4.98 Å². The van der Waals surface area contributed by atoms with Gasteiger partial charge in [0.2, 0.25) is 0 Å². The number of aromatic nitrogens is 1. The Balaban J connectivity index is 1.65. The van der Waals surface area contributed by atoms with Crippen LogP contribution in [0.3, 0.4) is 0 Å². The number of rotatable bonds is 2. The number of piperidine rings is 1. The van der Waals surface area contributed by atoms with Crippen LogP contribution in [-0.4, -0.2) is 23.1 Å². The molecule has 3 heteroatoms. The molecular weight excluding hydrogens is 210 g/mol. The van der Waals surface area contributed by atoms with Gasteiger partial charge in [-0.15, -0.1) is 0 Å². The fraction of sp³-hybridized carbons (Fsp3) is 0.643. The second kappa shape index (κ2) is 4.30. The summed E-state index contributed by atoms with van der Waals surface area (Å²) in [7, 11) is 0. The molecule has 17 heavy (non-hydrogen) atoms. The summed E-state index contributed by atoms with van der Waals surface area (Å²) in [5.74, 6) is 1.03. The lowest BCUT2D eigenvalue weighted by molar-refractivity contribution is 0.135. The van der Waals surface area contributed by atoms with Gasteiger partial charge < -0.3 is 10.6 Å². The van der Waals surface area contributed by atoms with Crippen molar-refractivity contribution in [1.29, 1.82) is 0 Å². The summed E-state index contributed by atoms with van der Waals surface area (Å²) in [6.45, 7) is 3.26. The van der Waals surface area contributed by atoms with Crippen LogP contribution in [0.1, 0.15) is 37.7 Å². The second-order valence-electron chi connectivity index (χ2n) is 5.61. The molecule has 1 aliphatic heterocycles. The Hall–Kier alpha value is -1.09. The van der Waals surface area contributed by atoms with Gasteiger partial charge in [0.1, 0.15) is 5.82 Å². The average molecular weight is 231 g/mol. The van der Waals surface area contributed by atoms with Gasteiger partial charge >= 0.3 is 0 Å². The molecule has 0 bridgehead atoms. The van der Waals surface area contributed by atoms with Gasteiger partial charge in [-0.3, -0.25) is 0 Å². The minimum Gasteiger partial charge on any atom is -0.367 e. The molecule has 92 valence electrons. The van der Waals surface area contributed by atoms with Crippen LogP contribution in [0.15, 0.2) is 18.3 Å². The molecule has 1 spiro atoms. The fourth-order valence-electron chi connectivity index (χ4n) is 3.09. The van der Waals surface area contributed by atoms with E-state index in [1.807, 2.05) is 12.3 Å². The third-order valence-corrected chi connectivity index (χ3v) is 4.21. The minimum absolute atomic E-state index is 0.458. The molecule has 2 aliphatic rings. The molecule has 0 aromatic carbocycles. The molecule has 2 fully saturated rings. The second-order valence-corrected chi connectivity index (χ2v) is 5.61. The molecule has 1 atom stereocenters. The summed E-state index contributed by atoms with van der Waals surface area (Å²) in [6.07, 6.45) is 8.44. The van der Waals surface area contributed by atoms with E-state index in [2.05, 4.69) is 28.6 Å². The Morgan fingerprint density at radius 3 is 3.06 bits per heavy atom. The van der Waals surface area contributed by atoms with Gasteiger partial charge in [0.05, 0.1) is 0 Å². The molecular formula is C14H21N3. The number of anilines is 1. The number of hydrogen-bond acceptors (Lipinski definition) is 3. The van der Waals surface area contributed by atoms with Gasteiger partial charge in [0.25, 0.3) is 0 Å². The quantitative estimate of drug-likeness (QED) is 0.821. The third kappa shape index (κ3) is 2.29. The molecule has 1 aromatic rings. The molecule has 1 aliphatic carbocycles. The van der Waals surface area contributed by atoms with Crippen molar-refractivity contribution < 1.29 is 0 Å². The zero-order valence-corrected chi connectivity index (χ0v) is 10.5. The molecule has 1 unspecified atom stereocenters. The average Bonchev–Trinajstić information content (AvgIpc) is 2.27. The maximum atomic E-state index is 4.39. The Labute approximate surface area is 103 Å². The Morgan fingerprint density at radius 1 is 1.47 bits per heavy atom. The summed E-state index contributed by atoms with van der Waals surface area (Å²) in [5.41, 5.74) is 1.73. The highest BCUT2D eigenvalue weighted by Gasteiger charge is 2.40. The van der Waals surface area contributed by atoms with Crippen molar-refractivity contribution in [3.8, 4) is 0 Å². The van der Waals surface area contributed by atoms with Crippen molar-refractivity contribution in [2.24, 2.45) is 0 Å². The van der Waals surface area contributed by atoms with Crippen molar-refractivity contribution in [2.45, 2.75) is 50.6 Å². The fourth-order valence-corrected chi connectivity index (χ4v) is 3.09. The largest absolute Gasteiger partial charge is 0.367 e. The highest BCUT2D eigenvalue weighted by Crippen LogP contribution is 2.38. The van der Waals surface area contributed by atoms with Crippen molar-refractivity contribution in [2.75, 3.05) is 11.9 Å². The lowest BCUT2D eigenvalue weighted by Crippen LogP contribution is -2.58. The SMILES string of the molecule is Cc1ccnc(NC2CCNC3(CCC3)C2)c1. The highest BCUT2D eigenvalue weighted by atomic mass is 15.1. The third-order valence-electron chi connectivity index (χ3n) is 4.21. The van der Waals surface area contributed by atoms with Gasteiger partial charge in [0.15, 0.2) is 0 Å². The molecule has 3 rings (SSSR count). The van der Waals surface area contributed by atoms with E-state index in [0.29, 0.717) is 11.6 Å². The first-order valence-electron chi connectivity index (χ1n) is 6.70. The summed E-state index contributed by atoms with van der Waals surface area (Å²) < 4.78 is 0. The van der Waals surface area contributed by atoms with Crippen LogP contribution in [-0.2, 0) is 0 Å². The molecule has 0 radical (unpaired) electrons. The van der Waals surface area contributed by atoms with Gasteiger partial charge in [0, 0.05) is 17.8 Å². The number of pyridine rings is 1. The maximum Gasteiger partial charge on any atom is 0.126 e. The van der Waals surface area contributed by atoms with Crippen molar-refractivity contribution in [3.63, 3.8) is 0 Å². The Kier molecular flexibility index (Phi) is 2.79. The predicted molar refractivity (Wildman–Crippen MR) is 70.2 cm³/mol. The van der Waals surface area contributed by atoms with E-state index in [1.165, 1.54) is 37.7 Å². The van der Waals surface area contributed by atoms with E-state index in [9.17, 15) is 0 Å². The van der Waals surface area contributed by atoms with Crippen LogP contribution in [0.25, 0.3) is 0 Å². The zero-order valence-electron chi connectivity index (χ0n) is 10.5. The number of aryl methyl sites for hydroxylation is 1. The van der Waals surface area contributed by atoms with Crippen LogP contribution in [0, 0.1) is 6.92 Å². The lowest BCUT2D eigenvalue weighted by Gasteiger charge is -2.48. The topological polar surface area (TPSA) is 37.0 Å². The van der Waals surface area contributed by atoms with Gasteiger partial charge in [-0.05, 0) is 63.3 Å². The molecule has 1 saturated carbocycles. The van der Waals surface area contributed by atoms with Gasteiger partial charge in [-0.2, -0.15) is 0 Å². The molecule has 2 heterocycles. The number of hydrogen-bond donors (Lipinski definition) is 2. The monoisotopic (exact) mass is 231 g/mol.